The second kappa shape index (κ2) is 5.51. The Balaban J connectivity index is 1.89. The summed E-state index contributed by atoms with van der Waals surface area (Å²) in [5, 5.41) is 1.74. The lowest BCUT2D eigenvalue weighted by Gasteiger charge is -2.10. The Hall–Kier alpha value is -2.06. The van der Waals surface area contributed by atoms with Gasteiger partial charge in [-0.05, 0) is 30.7 Å². The molecule has 0 radical (unpaired) electrons. The Kier molecular flexibility index (Phi) is 3.57. The molecule has 0 spiro atoms. The van der Waals surface area contributed by atoms with Crippen LogP contribution in [0.3, 0.4) is 0 Å². The maximum absolute atomic E-state index is 6.14. The van der Waals surface area contributed by atoms with Crippen LogP contribution in [0.5, 0.6) is 5.75 Å². The van der Waals surface area contributed by atoms with E-state index in [2.05, 4.69) is 4.98 Å². The van der Waals surface area contributed by atoms with Crippen molar-refractivity contribution in [3.8, 4) is 5.75 Å². The van der Waals surface area contributed by atoms with Crippen molar-refractivity contribution in [2.45, 2.75) is 13.5 Å². The van der Waals surface area contributed by atoms with Gasteiger partial charge in [0.15, 0.2) is 0 Å². The minimum atomic E-state index is 0.456. The average Bonchev–Trinajstić information content (AvgIpc) is 2.48. The van der Waals surface area contributed by atoms with Crippen LogP contribution in [0.25, 0.3) is 10.9 Å². The molecule has 2 nitrogen and oxygen atoms in total. The van der Waals surface area contributed by atoms with E-state index >= 15 is 0 Å². The van der Waals surface area contributed by atoms with Gasteiger partial charge in [-0.25, -0.2) is 0 Å². The fourth-order valence-electron chi connectivity index (χ4n) is 2.16. The normalized spacial score (nSPS) is 10.7. The Morgan fingerprint density at radius 1 is 1.10 bits per heavy atom. The summed E-state index contributed by atoms with van der Waals surface area (Å²) < 4.78 is 5.84. The van der Waals surface area contributed by atoms with Crippen molar-refractivity contribution in [3.05, 3.63) is 70.9 Å². The number of hydrogen-bond donors (Lipinski definition) is 0. The van der Waals surface area contributed by atoms with Crippen LogP contribution in [-0.2, 0) is 6.61 Å². The van der Waals surface area contributed by atoms with E-state index in [-0.39, 0.29) is 0 Å². The number of aromatic nitrogens is 1. The molecule has 100 valence electrons. The maximum atomic E-state index is 6.14. The van der Waals surface area contributed by atoms with Crippen LogP contribution in [0, 0.1) is 6.92 Å². The molecule has 0 N–H and O–H groups in total. The van der Waals surface area contributed by atoms with Gasteiger partial charge < -0.3 is 4.74 Å². The van der Waals surface area contributed by atoms with E-state index in [4.69, 9.17) is 16.3 Å². The van der Waals surface area contributed by atoms with Crippen molar-refractivity contribution >= 4 is 22.5 Å². The summed E-state index contributed by atoms with van der Waals surface area (Å²) >= 11 is 6.14. The summed E-state index contributed by atoms with van der Waals surface area (Å²) in [7, 11) is 0. The van der Waals surface area contributed by atoms with E-state index < -0.39 is 0 Å². The molecule has 3 heteroatoms. The quantitative estimate of drug-likeness (QED) is 0.690. The van der Waals surface area contributed by atoms with Gasteiger partial charge in [0.05, 0.1) is 10.5 Å². The van der Waals surface area contributed by atoms with Crippen LogP contribution in [0.1, 0.15) is 11.1 Å². The van der Waals surface area contributed by atoms with Gasteiger partial charge in [-0.1, -0.05) is 41.9 Å². The van der Waals surface area contributed by atoms with E-state index in [0.717, 1.165) is 22.0 Å². The Morgan fingerprint density at radius 2 is 1.95 bits per heavy atom. The zero-order valence-corrected chi connectivity index (χ0v) is 11.9. The van der Waals surface area contributed by atoms with Crippen molar-refractivity contribution < 1.29 is 4.74 Å². The smallest absolute Gasteiger partial charge is 0.138 e. The maximum Gasteiger partial charge on any atom is 0.138 e. The average molecular weight is 284 g/mol. The third kappa shape index (κ3) is 2.61. The monoisotopic (exact) mass is 283 g/mol. The molecule has 0 amide bonds. The molecule has 2 aromatic carbocycles. The topological polar surface area (TPSA) is 22.1 Å². The second-order valence-corrected chi connectivity index (χ2v) is 5.12. The van der Waals surface area contributed by atoms with Gasteiger partial charge in [0.2, 0.25) is 0 Å². The van der Waals surface area contributed by atoms with Crippen molar-refractivity contribution in [2.75, 3.05) is 0 Å². The van der Waals surface area contributed by atoms with Crippen LogP contribution in [0.4, 0.5) is 0 Å². The molecule has 3 rings (SSSR count). The number of hydrogen-bond acceptors (Lipinski definition) is 2. The van der Waals surface area contributed by atoms with Gasteiger partial charge >= 0.3 is 0 Å². The van der Waals surface area contributed by atoms with E-state index in [1.807, 2.05) is 55.5 Å². The molecule has 1 aromatic heterocycles. The van der Waals surface area contributed by atoms with E-state index in [1.54, 1.807) is 6.20 Å². The highest BCUT2D eigenvalue weighted by Gasteiger charge is 2.05. The van der Waals surface area contributed by atoms with Crippen molar-refractivity contribution in [3.63, 3.8) is 0 Å². The molecule has 1 heterocycles. The molecule has 0 bridgehead atoms. The zero-order valence-electron chi connectivity index (χ0n) is 11.1. The van der Waals surface area contributed by atoms with Gasteiger partial charge in [-0.3, -0.25) is 4.98 Å². The summed E-state index contributed by atoms with van der Waals surface area (Å²) in [5.41, 5.74) is 3.15. The number of pyridine rings is 1. The SMILES string of the molecule is Cc1ccc(Cl)c(OCc2cccc3cccnc23)c1. The first-order valence-corrected chi connectivity index (χ1v) is 6.83. The van der Waals surface area contributed by atoms with Crippen molar-refractivity contribution in [1.82, 2.24) is 4.98 Å². The number of ether oxygens (including phenoxy) is 1. The van der Waals surface area contributed by atoms with E-state index in [9.17, 15) is 0 Å². The van der Waals surface area contributed by atoms with Crippen LogP contribution in [0.2, 0.25) is 5.02 Å². The standard InChI is InChI=1S/C17H14ClNO/c1-12-7-8-15(18)16(10-12)20-11-14-5-2-4-13-6-3-9-19-17(13)14/h2-10H,11H2,1H3. The first kappa shape index (κ1) is 12.9. The number of para-hydroxylation sites is 1. The van der Waals surface area contributed by atoms with Crippen LogP contribution >= 0.6 is 11.6 Å². The van der Waals surface area contributed by atoms with E-state index in [0.29, 0.717) is 17.4 Å². The molecule has 0 aliphatic heterocycles. The van der Waals surface area contributed by atoms with Gasteiger partial charge in [-0.15, -0.1) is 0 Å². The lowest BCUT2D eigenvalue weighted by Crippen LogP contribution is -1.98. The molecule has 0 saturated heterocycles. The third-order valence-corrected chi connectivity index (χ3v) is 3.50. The molecule has 3 aromatic rings. The predicted molar refractivity (Wildman–Crippen MR) is 82.3 cm³/mol. The van der Waals surface area contributed by atoms with Gasteiger partial charge in [0, 0.05) is 17.1 Å². The van der Waals surface area contributed by atoms with Gasteiger partial charge in [0.1, 0.15) is 12.4 Å². The molecule has 0 fully saturated rings. The number of nitrogens with zero attached hydrogens (tertiary/aromatic N) is 1. The Bertz CT molecular complexity index is 750. The Morgan fingerprint density at radius 3 is 2.85 bits per heavy atom. The molecular formula is C17H14ClNO. The number of halogens is 1. The first-order chi connectivity index (χ1) is 9.74. The minimum absolute atomic E-state index is 0.456. The molecule has 0 unspecified atom stereocenters. The van der Waals surface area contributed by atoms with Crippen molar-refractivity contribution in [1.29, 1.82) is 0 Å². The summed E-state index contributed by atoms with van der Waals surface area (Å²) in [4.78, 5) is 4.42. The second-order valence-electron chi connectivity index (χ2n) is 4.71. The fraction of sp³-hybridized carbons (Fsp3) is 0.118. The van der Waals surface area contributed by atoms with Crippen LogP contribution < -0.4 is 4.74 Å². The van der Waals surface area contributed by atoms with Crippen LogP contribution in [0.15, 0.2) is 54.7 Å². The molecule has 0 atom stereocenters. The summed E-state index contributed by atoms with van der Waals surface area (Å²) in [5.74, 6) is 0.708. The third-order valence-electron chi connectivity index (χ3n) is 3.19. The lowest BCUT2D eigenvalue weighted by atomic mass is 10.1. The molecule has 0 saturated carbocycles. The summed E-state index contributed by atoms with van der Waals surface area (Å²) in [6.07, 6.45) is 1.80. The summed E-state index contributed by atoms with van der Waals surface area (Å²) in [6.45, 7) is 2.47. The lowest BCUT2D eigenvalue weighted by molar-refractivity contribution is 0.307. The van der Waals surface area contributed by atoms with Gasteiger partial charge in [-0.2, -0.15) is 0 Å². The highest BCUT2D eigenvalue weighted by atomic mass is 35.5. The fourth-order valence-corrected chi connectivity index (χ4v) is 2.33. The number of fused-ring (bicyclic) bond motifs is 1. The molecule has 20 heavy (non-hydrogen) atoms. The number of rotatable bonds is 3. The first-order valence-electron chi connectivity index (χ1n) is 6.45. The zero-order chi connectivity index (χ0) is 13.9. The molecule has 0 aliphatic rings. The highest BCUT2D eigenvalue weighted by Crippen LogP contribution is 2.27. The van der Waals surface area contributed by atoms with E-state index in [1.165, 1.54) is 0 Å². The predicted octanol–water partition coefficient (Wildman–Crippen LogP) is 4.78. The van der Waals surface area contributed by atoms with Crippen molar-refractivity contribution in [2.24, 2.45) is 0 Å². The number of aryl methyl sites for hydroxylation is 1. The number of benzene rings is 2. The van der Waals surface area contributed by atoms with Crippen LogP contribution in [-0.4, -0.2) is 4.98 Å². The Labute approximate surface area is 123 Å². The summed E-state index contributed by atoms with van der Waals surface area (Å²) in [6, 6.07) is 15.8. The molecular weight excluding hydrogens is 270 g/mol. The highest BCUT2D eigenvalue weighted by molar-refractivity contribution is 6.32. The largest absolute Gasteiger partial charge is 0.487 e. The molecule has 0 aliphatic carbocycles. The minimum Gasteiger partial charge on any atom is -0.487 e. The van der Waals surface area contributed by atoms with Gasteiger partial charge in [0.25, 0.3) is 0 Å².